The minimum absolute atomic E-state index is 0.0190. The Bertz CT molecular complexity index is 405. The standard InChI is InChI=1S/C16H28N2O2/c1-5-7-8-11-18-14(20)16(4,12-9-10-12)17-13(19)15(18,3)6-2/h12H,5-11H2,1-4H3,(H,17,19). The number of hydrogen-bond donors (Lipinski definition) is 1. The average Bonchev–Trinajstić information content (AvgIpc) is 3.25. The summed E-state index contributed by atoms with van der Waals surface area (Å²) >= 11 is 0. The molecule has 2 atom stereocenters. The number of rotatable bonds is 6. The zero-order valence-corrected chi connectivity index (χ0v) is 13.3. The summed E-state index contributed by atoms with van der Waals surface area (Å²) in [6.07, 6.45) is 5.97. The predicted octanol–water partition coefficient (Wildman–Crippen LogP) is 2.47. The molecule has 20 heavy (non-hydrogen) atoms. The van der Waals surface area contributed by atoms with E-state index in [9.17, 15) is 9.59 Å². The van der Waals surface area contributed by atoms with Gasteiger partial charge in [-0.15, -0.1) is 0 Å². The highest BCUT2D eigenvalue weighted by atomic mass is 16.2. The molecule has 1 saturated carbocycles. The van der Waals surface area contributed by atoms with Crippen LogP contribution >= 0.6 is 0 Å². The molecule has 2 amide bonds. The molecule has 2 unspecified atom stereocenters. The second-order valence-electron chi connectivity index (χ2n) is 6.72. The molecule has 4 nitrogen and oxygen atoms in total. The largest absolute Gasteiger partial charge is 0.340 e. The zero-order chi connectivity index (χ0) is 15.0. The van der Waals surface area contributed by atoms with E-state index in [0.717, 1.165) is 32.1 Å². The third-order valence-electron chi connectivity index (χ3n) is 5.22. The molecule has 2 fully saturated rings. The van der Waals surface area contributed by atoms with Crippen molar-refractivity contribution in [2.24, 2.45) is 5.92 Å². The normalized spacial score (nSPS) is 34.3. The van der Waals surface area contributed by atoms with Crippen molar-refractivity contribution in [3.05, 3.63) is 0 Å². The predicted molar refractivity (Wildman–Crippen MR) is 79.2 cm³/mol. The van der Waals surface area contributed by atoms with Gasteiger partial charge in [0.25, 0.3) is 0 Å². The maximum Gasteiger partial charge on any atom is 0.249 e. The smallest absolute Gasteiger partial charge is 0.249 e. The Kier molecular flexibility index (Phi) is 4.12. The maximum atomic E-state index is 13.0. The van der Waals surface area contributed by atoms with Crippen LogP contribution in [0.1, 0.15) is 66.2 Å². The molecule has 1 heterocycles. The van der Waals surface area contributed by atoms with E-state index in [2.05, 4.69) is 12.2 Å². The summed E-state index contributed by atoms with van der Waals surface area (Å²) in [6, 6.07) is 0. The van der Waals surface area contributed by atoms with Gasteiger partial charge in [0.2, 0.25) is 11.8 Å². The monoisotopic (exact) mass is 280 g/mol. The zero-order valence-electron chi connectivity index (χ0n) is 13.3. The minimum atomic E-state index is -0.681. The highest BCUT2D eigenvalue weighted by molar-refractivity contribution is 6.02. The lowest BCUT2D eigenvalue weighted by Gasteiger charge is -2.50. The second kappa shape index (κ2) is 5.38. The molecule has 0 aromatic carbocycles. The lowest BCUT2D eigenvalue weighted by Crippen LogP contribution is -2.74. The maximum absolute atomic E-state index is 13.0. The highest BCUT2D eigenvalue weighted by Gasteiger charge is 2.58. The van der Waals surface area contributed by atoms with Gasteiger partial charge >= 0.3 is 0 Å². The number of carbonyl (C=O) groups excluding carboxylic acids is 2. The number of piperazine rings is 1. The fourth-order valence-electron chi connectivity index (χ4n) is 3.21. The van der Waals surface area contributed by atoms with E-state index in [0.29, 0.717) is 18.9 Å². The van der Waals surface area contributed by atoms with E-state index >= 15 is 0 Å². The number of amides is 2. The number of nitrogens with zero attached hydrogens (tertiary/aromatic N) is 1. The molecular weight excluding hydrogens is 252 g/mol. The number of carbonyl (C=O) groups is 2. The van der Waals surface area contributed by atoms with Crippen LogP contribution in [0.4, 0.5) is 0 Å². The molecule has 0 aromatic rings. The fourth-order valence-corrected chi connectivity index (χ4v) is 3.21. The summed E-state index contributed by atoms with van der Waals surface area (Å²) in [5, 5.41) is 3.04. The van der Waals surface area contributed by atoms with Crippen molar-refractivity contribution in [2.75, 3.05) is 6.54 Å². The Morgan fingerprint density at radius 3 is 2.35 bits per heavy atom. The molecule has 1 aliphatic carbocycles. The van der Waals surface area contributed by atoms with E-state index in [-0.39, 0.29) is 11.8 Å². The van der Waals surface area contributed by atoms with E-state index in [1.54, 1.807) is 0 Å². The first-order chi connectivity index (χ1) is 9.40. The molecule has 0 bridgehead atoms. The third-order valence-corrected chi connectivity index (χ3v) is 5.22. The van der Waals surface area contributed by atoms with Crippen LogP contribution in [0.25, 0.3) is 0 Å². The summed E-state index contributed by atoms with van der Waals surface area (Å²) in [6.45, 7) is 8.65. The molecule has 2 rings (SSSR count). The summed E-state index contributed by atoms with van der Waals surface area (Å²) < 4.78 is 0. The summed E-state index contributed by atoms with van der Waals surface area (Å²) in [5.74, 6) is 0.472. The highest BCUT2D eigenvalue weighted by Crippen LogP contribution is 2.44. The third kappa shape index (κ3) is 2.33. The molecule has 0 aromatic heterocycles. The van der Waals surface area contributed by atoms with Crippen LogP contribution in [0.15, 0.2) is 0 Å². The van der Waals surface area contributed by atoms with Gasteiger partial charge in [-0.05, 0) is 45.4 Å². The van der Waals surface area contributed by atoms with E-state index in [1.165, 1.54) is 0 Å². The number of nitrogens with one attached hydrogen (secondary N) is 1. The average molecular weight is 280 g/mol. The van der Waals surface area contributed by atoms with Crippen LogP contribution in [-0.2, 0) is 9.59 Å². The molecule has 114 valence electrons. The van der Waals surface area contributed by atoms with Crippen LogP contribution in [-0.4, -0.2) is 34.3 Å². The van der Waals surface area contributed by atoms with E-state index in [1.807, 2.05) is 25.7 Å². The topological polar surface area (TPSA) is 49.4 Å². The lowest BCUT2D eigenvalue weighted by molar-refractivity contribution is -0.163. The number of unbranched alkanes of at least 4 members (excludes halogenated alkanes) is 2. The van der Waals surface area contributed by atoms with Crippen LogP contribution in [0.5, 0.6) is 0 Å². The van der Waals surface area contributed by atoms with Gasteiger partial charge in [-0.1, -0.05) is 26.7 Å². The quantitative estimate of drug-likeness (QED) is 0.760. The van der Waals surface area contributed by atoms with Crippen LogP contribution in [0.2, 0.25) is 0 Å². The van der Waals surface area contributed by atoms with Crippen molar-refractivity contribution in [1.29, 1.82) is 0 Å². The van der Waals surface area contributed by atoms with Gasteiger partial charge in [-0.3, -0.25) is 9.59 Å². The molecule has 1 saturated heterocycles. The molecule has 1 N–H and O–H groups in total. The summed E-state index contributed by atoms with van der Waals surface area (Å²) in [5.41, 5.74) is -1.35. The van der Waals surface area contributed by atoms with Crippen molar-refractivity contribution in [3.8, 4) is 0 Å². The molecule has 4 heteroatoms. The first-order valence-corrected chi connectivity index (χ1v) is 8.04. The van der Waals surface area contributed by atoms with Gasteiger partial charge in [-0.2, -0.15) is 0 Å². The Hall–Kier alpha value is -1.06. The van der Waals surface area contributed by atoms with Gasteiger partial charge in [0, 0.05) is 6.54 Å². The Labute approximate surface area is 122 Å². The molecular formula is C16H28N2O2. The minimum Gasteiger partial charge on any atom is -0.340 e. The molecule has 2 aliphatic rings. The van der Waals surface area contributed by atoms with Gasteiger partial charge < -0.3 is 10.2 Å². The lowest BCUT2D eigenvalue weighted by atomic mass is 9.82. The van der Waals surface area contributed by atoms with Gasteiger partial charge in [0.15, 0.2) is 0 Å². The summed E-state index contributed by atoms with van der Waals surface area (Å²) in [7, 11) is 0. The Morgan fingerprint density at radius 2 is 1.85 bits per heavy atom. The second-order valence-corrected chi connectivity index (χ2v) is 6.72. The van der Waals surface area contributed by atoms with Crippen LogP contribution in [0, 0.1) is 5.92 Å². The van der Waals surface area contributed by atoms with E-state index < -0.39 is 11.1 Å². The van der Waals surface area contributed by atoms with Gasteiger partial charge in [0.1, 0.15) is 11.1 Å². The van der Waals surface area contributed by atoms with Gasteiger partial charge in [0.05, 0.1) is 0 Å². The van der Waals surface area contributed by atoms with Crippen molar-refractivity contribution in [1.82, 2.24) is 10.2 Å². The molecule has 0 radical (unpaired) electrons. The van der Waals surface area contributed by atoms with E-state index in [4.69, 9.17) is 0 Å². The molecule has 0 spiro atoms. The van der Waals surface area contributed by atoms with Gasteiger partial charge in [-0.25, -0.2) is 0 Å². The fraction of sp³-hybridized carbons (Fsp3) is 0.875. The number of hydrogen-bond acceptors (Lipinski definition) is 2. The Morgan fingerprint density at radius 1 is 1.20 bits per heavy atom. The van der Waals surface area contributed by atoms with Crippen molar-refractivity contribution in [2.45, 2.75) is 77.3 Å². The van der Waals surface area contributed by atoms with Crippen LogP contribution < -0.4 is 5.32 Å². The SMILES string of the molecule is CCCCCN1C(=O)C(C)(C2CC2)NC(=O)C1(C)CC. The molecule has 1 aliphatic heterocycles. The van der Waals surface area contributed by atoms with Crippen molar-refractivity contribution in [3.63, 3.8) is 0 Å². The first-order valence-electron chi connectivity index (χ1n) is 8.04. The van der Waals surface area contributed by atoms with Crippen molar-refractivity contribution >= 4 is 11.8 Å². The first kappa shape index (κ1) is 15.3. The van der Waals surface area contributed by atoms with Crippen LogP contribution in [0.3, 0.4) is 0 Å². The Balaban J connectivity index is 2.24. The van der Waals surface area contributed by atoms with Crippen molar-refractivity contribution < 1.29 is 9.59 Å². The summed E-state index contributed by atoms with van der Waals surface area (Å²) in [4.78, 5) is 27.4.